The van der Waals surface area contributed by atoms with Crippen molar-refractivity contribution in [2.75, 3.05) is 22.9 Å². The number of aromatic nitrogens is 3. The molecule has 0 spiro atoms. The molecular weight excluding hydrogens is 438 g/mol. The average Bonchev–Trinajstić information content (AvgIpc) is 2.81. The predicted octanol–water partition coefficient (Wildman–Crippen LogP) is 4.41. The first kappa shape index (κ1) is 21.8. The van der Waals surface area contributed by atoms with Crippen LogP contribution in [0.1, 0.15) is 13.8 Å². The number of aryl methyl sites for hydroxylation is 1. The van der Waals surface area contributed by atoms with Gasteiger partial charge in [0.15, 0.2) is 0 Å². The lowest BCUT2D eigenvalue weighted by Crippen LogP contribution is -2.57. The van der Waals surface area contributed by atoms with Gasteiger partial charge in [0.1, 0.15) is 11.6 Å². The van der Waals surface area contributed by atoms with E-state index in [1.165, 1.54) is 10.6 Å². The number of hydrogen-bond donors (Lipinski definition) is 0. The summed E-state index contributed by atoms with van der Waals surface area (Å²) in [4.78, 5) is 29.0. The molecule has 0 unspecified atom stereocenters. The second-order valence-electron chi connectivity index (χ2n) is 8.69. The van der Waals surface area contributed by atoms with Gasteiger partial charge < -0.3 is 19.2 Å². The lowest BCUT2D eigenvalue weighted by Gasteiger charge is -2.46. The number of pyridine rings is 3. The fourth-order valence-corrected chi connectivity index (χ4v) is 4.81. The molecule has 4 aromatic rings. The summed E-state index contributed by atoms with van der Waals surface area (Å²) in [6.45, 7) is 12.5. The second kappa shape index (κ2) is 8.06. The molecule has 0 amide bonds. The van der Waals surface area contributed by atoms with Crippen molar-refractivity contribution in [2.24, 2.45) is 7.05 Å². The van der Waals surface area contributed by atoms with E-state index in [1.54, 1.807) is 37.5 Å². The Bertz CT molecular complexity index is 1540. The van der Waals surface area contributed by atoms with E-state index in [0.29, 0.717) is 40.9 Å². The van der Waals surface area contributed by atoms with Gasteiger partial charge in [0.05, 0.1) is 27.8 Å². The Morgan fingerprint density at radius 2 is 1.74 bits per heavy atom. The van der Waals surface area contributed by atoms with Gasteiger partial charge in [0.2, 0.25) is 5.52 Å². The lowest BCUT2D eigenvalue weighted by molar-refractivity contribution is 0.482. The first-order chi connectivity index (χ1) is 16.3. The number of halogens is 2. The number of anilines is 2. The van der Waals surface area contributed by atoms with Crippen LogP contribution < -0.4 is 15.4 Å². The first-order valence-corrected chi connectivity index (χ1v) is 10.9. The monoisotopic (exact) mass is 460 g/mol. The number of hydrogen-bond acceptors (Lipinski definition) is 5. The largest absolute Gasteiger partial charge is 0.364 e. The first-order valence-electron chi connectivity index (χ1n) is 10.9. The standard InChI is InChI=1S/C25H22F2N6O/c1-14-13-33(21-11-23(34)31(4)20-5-6-22(28-3)30-25(20)21)15(2)12-32(14)19-7-8-29-18-10-16(26)9-17(27)24(18)19/h5-11,14-15H,12-13H2,1-2,4H3/t14-,15+/m1/s1. The van der Waals surface area contributed by atoms with Gasteiger partial charge in [-0.1, -0.05) is 6.57 Å². The van der Waals surface area contributed by atoms with Crippen LogP contribution in [-0.2, 0) is 7.05 Å². The van der Waals surface area contributed by atoms with Gasteiger partial charge in [0.25, 0.3) is 11.4 Å². The Morgan fingerprint density at radius 1 is 1.03 bits per heavy atom. The Balaban J connectivity index is 1.58. The maximum Gasteiger partial charge on any atom is 0.270 e. The van der Waals surface area contributed by atoms with E-state index in [9.17, 15) is 13.6 Å². The van der Waals surface area contributed by atoms with Crippen LogP contribution in [0.15, 0.2) is 47.4 Å². The zero-order chi connectivity index (χ0) is 24.1. The highest BCUT2D eigenvalue weighted by Gasteiger charge is 2.33. The predicted molar refractivity (Wildman–Crippen MR) is 129 cm³/mol. The van der Waals surface area contributed by atoms with Gasteiger partial charge in [-0.2, -0.15) is 0 Å². The topological polar surface area (TPSA) is 58.6 Å². The molecule has 9 heteroatoms. The number of benzene rings is 1. The quantitative estimate of drug-likeness (QED) is 0.415. The van der Waals surface area contributed by atoms with Gasteiger partial charge in [-0.25, -0.2) is 8.78 Å². The van der Waals surface area contributed by atoms with Crippen LogP contribution in [0.25, 0.3) is 26.8 Å². The van der Waals surface area contributed by atoms with E-state index in [2.05, 4.69) is 24.6 Å². The fraction of sp³-hybridized carbons (Fsp3) is 0.280. The van der Waals surface area contributed by atoms with Crippen molar-refractivity contribution in [3.8, 4) is 0 Å². The molecule has 1 saturated heterocycles. The molecule has 1 aliphatic heterocycles. The molecule has 0 N–H and O–H groups in total. The summed E-state index contributed by atoms with van der Waals surface area (Å²) in [5.74, 6) is -1.05. The second-order valence-corrected chi connectivity index (χ2v) is 8.69. The molecule has 0 radical (unpaired) electrons. The van der Waals surface area contributed by atoms with E-state index >= 15 is 0 Å². The molecule has 7 nitrogen and oxygen atoms in total. The van der Waals surface area contributed by atoms with Crippen LogP contribution in [0.4, 0.5) is 26.0 Å². The summed E-state index contributed by atoms with van der Waals surface area (Å²) >= 11 is 0. The number of rotatable bonds is 2. The normalized spacial score (nSPS) is 18.5. The third-order valence-corrected chi connectivity index (χ3v) is 6.51. The van der Waals surface area contributed by atoms with Crippen LogP contribution in [0, 0.1) is 18.2 Å². The fourth-order valence-electron chi connectivity index (χ4n) is 4.81. The van der Waals surface area contributed by atoms with Gasteiger partial charge in [0, 0.05) is 56.6 Å². The van der Waals surface area contributed by atoms with Crippen molar-refractivity contribution in [3.05, 3.63) is 76.0 Å². The molecular formula is C25H22F2N6O. The van der Waals surface area contributed by atoms with Crippen LogP contribution in [0.3, 0.4) is 0 Å². The lowest BCUT2D eigenvalue weighted by atomic mass is 10.0. The smallest absolute Gasteiger partial charge is 0.270 e. The summed E-state index contributed by atoms with van der Waals surface area (Å²) in [7, 11) is 1.68. The number of piperazine rings is 1. The van der Waals surface area contributed by atoms with Crippen LogP contribution in [0.5, 0.6) is 0 Å². The van der Waals surface area contributed by atoms with Crippen molar-refractivity contribution in [3.63, 3.8) is 0 Å². The Labute approximate surface area is 194 Å². The van der Waals surface area contributed by atoms with Crippen LogP contribution >= 0.6 is 0 Å². The zero-order valence-corrected chi connectivity index (χ0v) is 19.0. The van der Waals surface area contributed by atoms with E-state index in [0.717, 1.165) is 6.07 Å². The minimum atomic E-state index is -0.662. The molecule has 3 aromatic heterocycles. The van der Waals surface area contributed by atoms with Gasteiger partial charge >= 0.3 is 0 Å². The van der Waals surface area contributed by atoms with Crippen molar-refractivity contribution >= 4 is 39.1 Å². The van der Waals surface area contributed by atoms with Crippen molar-refractivity contribution in [1.29, 1.82) is 0 Å². The average molecular weight is 460 g/mol. The summed E-state index contributed by atoms with van der Waals surface area (Å²) in [5, 5.41) is 0.291. The molecule has 0 saturated carbocycles. The maximum absolute atomic E-state index is 14.8. The maximum atomic E-state index is 14.8. The van der Waals surface area contributed by atoms with Gasteiger partial charge in [-0.3, -0.25) is 9.78 Å². The molecule has 1 aliphatic rings. The Morgan fingerprint density at radius 3 is 2.44 bits per heavy atom. The number of nitrogens with zero attached hydrogens (tertiary/aromatic N) is 6. The van der Waals surface area contributed by atoms with Crippen LogP contribution in [-0.4, -0.2) is 39.7 Å². The zero-order valence-electron chi connectivity index (χ0n) is 19.0. The minimum Gasteiger partial charge on any atom is -0.364 e. The third kappa shape index (κ3) is 3.43. The van der Waals surface area contributed by atoms with E-state index in [4.69, 9.17) is 6.57 Å². The van der Waals surface area contributed by atoms with Crippen molar-refractivity contribution in [1.82, 2.24) is 14.5 Å². The molecule has 1 fully saturated rings. The van der Waals surface area contributed by atoms with Gasteiger partial charge in [-0.05, 0) is 32.0 Å². The Kier molecular flexibility index (Phi) is 5.16. The third-order valence-electron chi connectivity index (χ3n) is 6.51. The van der Waals surface area contributed by atoms with Crippen molar-refractivity contribution < 1.29 is 8.78 Å². The van der Waals surface area contributed by atoms with E-state index in [-0.39, 0.29) is 29.0 Å². The highest BCUT2D eigenvalue weighted by atomic mass is 19.1. The molecule has 0 bridgehead atoms. The van der Waals surface area contributed by atoms with Gasteiger partial charge in [-0.15, -0.1) is 4.98 Å². The minimum absolute atomic E-state index is 0.0587. The van der Waals surface area contributed by atoms with E-state index < -0.39 is 11.6 Å². The molecule has 1 aromatic carbocycles. The number of fused-ring (bicyclic) bond motifs is 2. The molecule has 0 aliphatic carbocycles. The highest BCUT2D eigenvalue weighted by Crippen LogP contribution is 2.35. The molecule has 34 heavy (non-hydrogen) atoms. The molecule has 5 rings (SSSR count). The SMILES string of the molecule is [C-]#[N+]c1ccc2c(n1)c(N1C[C@@H](C)N(c3ccnc4cc(F)cc(F)c34)C[C@@H]1C)cc(=O)n2C. The summed E-state index contributed by atoms with van der Waals surface area (Å²) in [5.41, 5.74) is 2.69. The molecule has 172 valence electrons. The summed E-state index contributed by atoms with van der Waals surface area (Å²) in [6, 6.07) is 8.66. The summed E-state index contributed by atoms with van der Waals surface area (Å²) in [6.07, 6.45) is 1.56. The van der Waals surface area contributed by atoms with E-state index in [1.807, 2.05) is 13.8 Å². The molecule has 2 atom stereocenters. The van der Waals surface area contributed by atoms with Crippen LogP contribution in [0.2, 0.25) is 0 Å². The highest BCUT2D eigenvalue weighted by molar-refractivity contribution is 5.93. The van der Waals surface area contributed by atoms with Crippen molar-refractivity contribution in [2.45, 2.75) is 25.9 Å². The molecule has 4 heterocycles. The Hall–Kier alpha value is -4.06. The summed E-state index contributed by atoms with van der Waals surface area (Å²) < 4.78 is 30.0.